The molecule has 3 heteroatoms. The average molecular weight is 337 g/mol. The summed E-state index contributed by atoms with van der Waals surface area (Å²) in [5.41, 5.74) is 0.455. The minimum atomic E-state index is -0.560. The van der Waals surface area contributed by atoms with Gasteiger partial charge in [-0.25, -0.2) is 0 Å². The zero-order valence-electron chi connectivity index (χ0n) is 21.7. The molecular formula is C22H23BO2. The second-order valence-corrected chi connectivity index (χ2v) is 7.21. The van der Waals surface area contributed by atoms with Gasteiger partial charge >= 0.3 is 7.12 Å². The Labute approximate surface area is 159 Å². The molecule has 2 nitrogen and oxygen atoms in total. The molecule has 0 radical (unpaired) electrons. The van der Waals surface area contributed by atoms with Crippen LogP contribution in [0.15, 0.2) is 66.6 Å². The first-order valence-electron chi connectivity index (χ1n) is 11.7. The first kappa shape index (κ1) is 10.2. The average Bonchev–Trinajstić information content (AvgIpc) is 2.95. The van der Waals surface area contributed by atoms with Crippen LogP contribution < -0.4 is 5.46 Å². The zero-order valence-corrected chi connectivity index (χ0v) is 14.7. The molecule has 0 atom stereocenters. The Morgan fingerprint density at radius 2 is 1.36 bits per heavy atom. The monoisotopic (exact) mass is 337 g/mol. The van der Waals surface area contributed by atoms with E-state index in [0.29, 0.717) is 5.56 Å². The van der Waals surface area contributed by atoms with Crippen LogP contribution >= 0.6 is 0 Å². The summed E-state index contributed by atoms with van der Waals surface area (Å²) in [4.78, 5) is 0. The van der Waals surface area contributed by atoms with Crippen LogP contribution in [0.4, 0.5) is 0 Å². The van der Waals surface area contributed by atoms with Gasteiger partial charge in [-0.3, -0.25) is 0 Å². The molecule has 126 valence electrons. The Bertz CT molecular complexity index is 1240. The maximum absolute atomic E-state index is 8.64. The summed E-state index contributed by atoms with van der Waals surface area (Å²) >= 11 is 0. The molecule has 0 spiro atoms. The van der Waals surface area contributed by atoms with Crippen molar-refractivity contribution in [2.45, 2.75) is 38.9 Å². The van der Waals surface area contributed by atoms with Crippen molar-refractivity contribution >= 4 is 23.4 Å². The fourth-order valence-corrected chi connectivity index (χ4v) is 2.71. The van der Waals surface area contributed by atoms with E-state index in [2.05, 4.69) is 0 Å². The fraction of sp³-hybridized carbons (Fsp3) is 0.273. The topological polar surface area (TPSA) is 18.5 Å². The molecule has 1 fully saturated rings. The molecule has 0 saturated carbocycles. The van der Waals surface area contributed by atoms with Crippen molar-refractivity contribution in [2.75, 3.05) is 0 Å². The van der Waals surface area contributed by atoms with Crippen LogP contribution in [0.5, 0.6) is 0 Å². The molecule has 1 heterocycles. The summed E-state index contributed by atoms with van der Waals surface area (Å²) in [6.07, 6.45) is 0. The van der Waals surface area contributed by atoms with Crippen molar-refractivity contribution in [2.24, 2.45) is 0 Å². The molecule has 0 bridgehead atoms. The minimum absolute atomic E-state index is 0.0537. The summed E-state index contributed by atoms with van der Waals surface area (Å²) < 4.78 is 69.8. The van der Waals surface area contributed by atoms with E-state index >= 15 is 0 Å². The van der Waals surface area contributed by atoms with E-state index in [-0.39, 0.29) is 40.5 Å². The Kier molecular flexibility index (Phi) is 2.32. The Morgan fingerprint density at radius 1 is 0.760 bits per heavy atom. The third-order valence-electron chi connectivity index (χ3n) is 4.97. The van der Waals surface area contributed by atoms with Crippen LogP contribution in [0.3, 0.4) is 0 Å². The van der Waals surface area contributed by atoms with Crippen molar-refractivity contribution in [3.63, 3.8) is 0 Å². The van der Waals surface area contributed by atoms with Gasteiger partial charge in [-0.15, -0.1) is 0 Å². The van der Waals surface area contributed by atoms with Crippen molar-refractivity contribution in [1.82, 2.24) is 0 Å². The van der Waals surface area contributed by atoms with Gasteiger partial charge in [0.05, 0.1) is 20.8 Å². The first-order valence-corrected chi connectivity index (χ1v) is 8.24. The van der Waals surface area contributed by atoms with Crippen LogP contribution in [0.2, 0.25) is 0 Å². The quantitative estimate of drug-likeness (QED) is 0.625. The van der Waals surface area contributed by atoms with Gasteiger partial charge in [-0.2, -0.15) is 0 Å². The summed E-state index contributed by atoms with van der Waals surface area (Å²) in [6.45, 7) is 7.86. The highest BCUT2D eigenvalue weighted by Gasteiger charge is 2.51. The highest BCUT2D eigenvalue weighted by atomic mass is 16.7. The minimum Gasteiger partial charge on any atom is -0.399 e. The number of hydrogen-bond acceptors (Lipinski definition) is 2. The van der Waals surface area contributed by atoms with Gasteiger partial charge in [0.15, 0.2) is 0 Å². The first-order chi connectivity index (χ1) is 14.8. The van der Waals surface area contributed by atoms with Crippen molar-refractivity contribution in [1.29, 1.82) is 0 Å². The predicted octanol–water partition coefficient (Wildman–Crippen LogP) is 4.81. The molecule has 0 aromatic heterocycles. The van der Waals surface area contributed by atoms with Crippen molar-refractivity contribution < 1.29 is 18.9 Å². The smallest absolute Gasteiger partial charge is 0.399 e. The Hall–Kier alpha value is -2.10. The second-order valence-electron chi connectivity index (χ2n) is 7.21. The highest BCUT2D eigenvalue weighted by molar-refractivity contribution is 6.62. The summed E-state index contributed by atoms with van der Waals surface area (Å²) in [5, 5.41) is -0.161. The lowest BCUT2D eigenvalue weighted by molar-refractivity contribution is 0.00578. The fourth-order valence-electron chi connectivity index (χ4n) is 2.71. The van der Waals surface area contributed by atoms with Crippen molar-refractivity contribution in [3.05, 3.63) is 66.6 Å². The molecule has 1 aliphatic heterocycles. The van der Waals surface area contributed by atoms with E-state index in [4.69, 9.17) is 18.9 Å². The van der Waals surface area contributed by atoms with Gasteiger partial charge in [0.2, 0.25) is 0 Å². The maximum atomic E-state index is 8.64. The van der Waals surface area contributed by atoms with Crippen LogP contribution in [0.1, 0.15) is 37.3 Å². The Balaban J connectivity index is 1.85. The lowest BCUT2D eigenvalue weighted by Gasteiger charge is -2.32. The number of fused-ring (bicyclic) bond motifs is 1. The molecule has 4 rings (SSSR count). The predicted molar refractivity (Wildman–Crippen MR) is 105 cm³/mol. The van der Waals surface area contributed by atoms with Crippen molar-refractivity contribution in [3.8, 4) is 11.1 Å². The summed E-state index contributed by atoms with van der Waals surface area (Å²) in [7, 11) is -0.560. The number of hydrogen-bond donors (Lipinski definition) is 0. The number of rotatable bonds is 2. The van der Waals surface area contributed by atoms with E-state index in [1.54, 1.807) is 24.3 Å². The highest BCUT2D eigenvalue weighted by Crippen LogP contribution is 2.36. The van der Waals surface area contributed by atoms with Gasteiger partial charge < -0.3 is 9.31 Å². The molecule has 3 aromatic rings. The second kappa shape index (κ2) is 5.72. The molecule has 1 saturated heterocycles. The van der Waals surface area contributed by atoms with E-state index in [9.17, 15) is 0 Å². The van der Waals surface area contributed by atoms with E-state index in [0.717, 1.165) is 5.46 Å². The Morgan fingerprint density at radius 3 is 2.00 bits per heavy atom. The maximum Gasteiger partial charge on any atom is 0.494 e. The molecule has 0 N–H and O–H groups in total. The van der Waals surface area contributed by atoms with Gasteiger partial charge in [0, 0.05) is 0 Å². The van der Waals surface area contributed by atoms with Crippen LogP contribution in [0, 0.1) is 0 Å². The largest absolute Gasteiger partial charge is 0.494 e. The van der Waals surface area contributed by atoms with Gasteiger partial charge in [-0.05, 0) is 61.1 Å². The molecule has 3 aromatic carbocycles. The number of benzene rings is 3. The normalized spacial score (nSPS) is 22.6. The van der Waals surface area contributed by atoms with Crippen LogP contribution in [-0.2, 0) is 9.31 Å². The van der Waals surface area contributed by atoms with Gasteiger partial charge in [-0.1, -0.05) is 60.5 Å². The standard InChI is InChI=1S/C22H23BO2/c1-21(2)22(3,4)25-23(24-21)20-13-11-17(12-14-20)19-10-9-16-7-5-6-8-18(16)15-19/h5-15H,1-4H3/i5D,6D,7D,8D,9D,10D,15D. The van der Waals surface area contributed by atoms with Gasteiger partial charge in [0.1, 0.15) is 0 Å². The zero-order chi connectivity index (χ0) is 23.7. The lowest BCUT2D eigenvalue weighted by atomic mass is 9.78. The molecular weight excluding hydrogens is 307 g/mol. The summed E-state index contributed by atoms with van der Waals surface area (Å²) in [5.74, 6) is 0. The molecule has 0 amide bonds. The van der Waals surface area contributed by atoms with Crippen LogP contribution in [0.25, 0.3) is 21.9 Å². The molecule has 0 aliphatic carbocycles. The summed E-state index contributed by atoms with van der Waals surface area (Å²) in [6, 6.07) is 4.48. The van der Waals surface area contributed by atoms with Gasteiger partial charge in [0.25, 0.3) is 0 Å². The SMILES string of the molecule is [2H]c1c([2H])c([2H])c2c([2H])c(-c3ccc(B4OC(C)(C)C(C)(C)O4)cc3)c([2H])c([2H])c2c1[2H]. The van der Waals surface area contributed by atoms with Crippen LogP contribution in [-0.4, -0.2) is 18.3 Å². The third-order valence-corrected chi connectivity index (χ3v) is 4.97. The van der Waals surface area contributed by atoms with E-state index in [1.165, 1.54) is 0 Å². The van der Waals surface area contributed by atoms with E-state index in [1.807, 2.05) is 27.7 Å². The lowest BCUT2D eigenvalue weighted by Crippen LogP contribution is -2.41. The molecule has 1 aliphatic rings. The third kappa shape index (κ3) is 2.88. The molecule has 0 unspecified atom stereocenters. The molecule has 25 heavy (non-hydrogen) atoms. The van der Waals surface area contributed by atoms with E-state index < -0.39 is 36.4 Å².